The van der Waals surface area contributed by atoms with Crippen molar-refractivity contribution in [2.75, 3.05) is 24.7 Å². The molecule has 1 aliphatic rings. The Balaban J connectivity index is 1.52. The Kier molecular flexibility index (Phi) is 6.32. The maximum absolute atomic E-state index is 5.89. The molecule has 4 N–H and O–H groups in total. The SMILES string of the molecule is CCCCNc1nc(N)nc2cn(Cc3ccc(CNC4CCC4)cc3OC)nc12. The molecule has 160 valence electrons. The van der Waals surface area contributed by atoms with E-state index < -0.39 is 0 Å². The molecule has 1 fully saturated rings. The maximum Gasteiger partial charge on any atom is 0.222 e. The first-order valence-electron chi connectivity index (χ1n) is 10.8. The number of hydrogen-bond donors (Lipinski definition) is 3. The minimum atomic E-state index is 0.252. The van der Waals surface area contributed by atoms with E-state index >= 15 is 0 Å². The molecule has 0 spiro atoms. The van der Waals surface area contributed by atoms with Crippen molar-refractivity contribution in [1.29, 1.82) is 0 Å². The molecule has 0 saturated heterocycles. The topological polar surface area (TPSA) is 103 Å². The van der Waals surface area contributed by atoms with Gasteiger partial charge in [-0.1, -0.05) is 31.9 Å². The normalized spacial score (nSPS) is 14.1. The molecule has 1 aromatic carbocycles. The van der Waals surface area contributed by atoms with Crippen molar-refractivity contribution in [2.24, 2.45) is 0 Å². The Hall–Kier alpha value is -2.87. The lowest BCUT2D eigenvalue weighted by Crippen LogP contribution is -2.34. The fraction of sp³-hybridized carbons (Fsp3) is 0.500. The molecule has 8 nitrogen and oxygen atoms in total. The number of aromatic nitrogens is 4. The number of benzene rings is 1. The summed E-state index contributed by atoms with van der Waals surface area (Å²) in [6.07, 6.45) is 7.98. The summed E-state index contributed by atoms with van der Waals surface area (Å²) in [4.78, 5) is 8.68. The summed E-state index contributed by atoms with van der Waals surface area (Å²) in [7, 11) is 1.71. The van der Waals surface area contributed by atoms with Crippen LogP contribution >= 0.6 is 0 Å². The van der Waals surface area contributed by atoms with Crippen LogP contribution < -0.4 is 21.1 Å². The molecule has 0 unspecified atom stereocenters. The van der Waals surface area contributed by atoms with Crippen molar-refractivity contribution in [2.45, 2.75) is 58.2 Å². The quantitative estimate of drug-likeness (QED) is 0.441. The number of nitrogens with two attached hydrogens (primary N) is 1. The standard InChI is InChI=1S/C22H31N7O/c1-3-4-10-24-21-20-18(26-22(23)27-21)14-29(28-20)13-16-9-8-15(11-19(16)30-2)12-25-17-6-5-7-17/h8-9,11,14,17,25H,3-7,10,12-13H2,1-2H3,(H3,23,24,26,27). The van der Waals surface area contributed by atoms with Gasteiger partial charge in [0.25, 0.3) is 0 Å². The number of nitrogen functional groups attached to an aromatic ring is 1. The molecule has 1 saturated carbocycles. The van der Waals surface area contributed by atoms with E-state index in [1.807, 2.05) is 10.9 Å². The highest BCUT2D eigenvalue weighted by Gasteiger charge is 2.17. The third kappa shape index (κ3) is 4.64. The van der Waals surface area contributed by atoms with Gasteiger partial charge in [-0.2, -0.15) is 10.1 Å². The van der Waals surface area contributed by atoms with Crippen LogP contribution in [0.1, 0.15) is 50.2 Å². The average molecular weight is 410 g/mol. The van der Waals surface area contributed by atoms with Crippen LogP contribution in [0.4, 0.5) is 11.8 Å². The Labute approximate surface area is 177 Å². The number of hydrogen-bond acceptors (Lipinski definition) is 7. The molecular weight excluding hydrogens is 378 g/mol. The van der Waals surface area contributed by atoms with Gasteiger partial charge in [-0.3, -0.25) is 4.68 Å². The van der Waals surface area contributed by atoms with Crippen LogP contribution in [-0.4, -0.2) is 39.4 Å². The van der Waals surface area contributed by atoms with Crippen LogP contribution in [0.5, 0.6) is 5.75 Å². The van der Waals surface area contributed by atoms with Gasteiger partial charge in [-0.05, 0) is 30.9 Å². The highest BCUT2D eigenvalue weighted by Crippen LogP contribution is 2.25. The van der Waals surface area contributed by atoms with Gasteiger partial charge < -0.3 is 21.1 Å². The number of rotatable bonds is 10. The number of unbranched alkanes of at least 4 members (excludes halogenated alkanes) is 1. The van der Waals surface area contributed by atoms with E-state index in [1.54, 1.807) is 7.11 Å². The van der Waals surface area contributed by atoms with Crippen molar-refractivity contribution in [3.8, 4) is 5.75 Å². The Morgan fingerprint density at radius 2 is 2.13 bits per heavy atom. The largest absolute Gasteiger partial charge is 0.496 e. The summed E-state index contributed by atoms with van der Waals surface area (Å²) in [5.41, 5.74) is 9.67. The van der Waals surface area contributed by atoms with Gasteiger partial charge in [0.05, 0.1) is 19.9 Å². The van der Waals surface area contributed by atoms with Crippen LogP contribution in [0.25, 0.3) is 11.0 Å². The fourth-order valence-electron chi connectivity index (χ4n) is 3.64. The second kappa shape index (κ2) is 9.30. The van der Waals surface area contributed by atoms with Crippen LogP contribution in [0.2, 0.25) is 0 Å². The molecule has 8 heteroatoms. The zero-order chi connectivity index (χ0) is 20.9. The number of ether oxygens (including phenoxy) is 1. The first-order valence-corrected chi connectivity index (χ1v) is 10.8. The summed E-state index contributed by atoms with van der Waals surface area (Å²) >= 11 is 0. The highest BCUT2D eigenvalue weighted by molar-refractivity contribution is 5.85. The molecule has 4 rings (SSSR count). The predicted octanol–water partition coefficient (Wildman–Crippen LogP) is 3.32. The van der Waals surface area contributed by atoms with Gasteiger partial charge in [0, 0.05) is 24.7 Å². The first kappa shape index (κ1) is 20.4. The third-order valence-electron chi connectivity index (χ3n) is 5.63. The molecule has 0 bridgehead atoms. The number of methoxy groups -OCH3 is 1. The summed E-state index contributed by atoms with van der Waals surface area (Å²) in [6.45, 7) is 4.44. The number of nitrogens with zero attached hydrogens (tertiary/aromatic N) is 4. The molecule has 2 aromatic heterocycles. The summed E-state index contributed by atoms with van der Waals surface area (Å²) < 4.78 is 7.53. The highest BCUT2D eigenvalue weighted by atomic mass is 16.5. The van der Waals surface area contributed by atoms with E-state index in [9.17, 15) is 0 Å². The lowest BCUT2D eigenvalue weighted by molar-refractivity contribution is 0.338. The number of fused-ring (bicyclic) bond motifs is 1. The van der Waals surface area contributed by atoms with Crippen LogP contribution in [-0.2, 0) is 13.1 Å². The lowest BCUT2D eigenvalue weighted by atomic mass is 9.93. The predicted molar refractivity (Wildman–Crippen MR) is 120 cm³/mol. The average Bonchev–Trinajstić information content (AvgIpc) is 3.10. The van der Waals surface area contributed by atoms with Gasteiger partial charge in [0.1, 0.15) is 11.3 Å². The molecule has 0 radical (unpaired) electrons. The van der Waals surface area contributed by atoms with Gasteiger partial charge in [-0.15, -0.1) is 0 Å². The summed E-state index contributed by atoms with van der Waals surface area (Å²) in [5.74, 6) is 1.81. The van der Waals surface area contributed by atoms with Crippen LogP contribution in [0.15, 0.2) is 24.4 Å². The van der Waals surface area contributed by atoms with Crippen LogP contribution in [0.3, 0.4) is 0 Å². The molecule has 0 amide bonds. The first-order chi connectivity index (χ1) is 14.7. The molecule has 3 aromatic rings. The fourth-order valence-corrected chi connectivity index (χ4v) is 3.64. The number of anilines is 2. The molecule has 0 aliphatic heterocycles. The minimum Gasteiger partial charge on any atom is -0.496 e. The summed E-state index contributed by atoms with van der Waals surface area (Å²) in [6, 6.07) is 7.05. The number of nitrogens with one attached hydrogen (secondary N) is 2. The molecule has 2 heterocycles. The Morgan fingerprint density at radius 3 is 2.87 bits per heavy atom. The molecule has 1 aliphatic carbocycles. The second-order valence-electron chi connectivity index (χ2n) is 7.93. The Bertz CT molecular complexity index is 997. The lowest BCUT2D eigenvalue weighted by Gasteiger charge is -2.26. The van der Waals surface area contributed by atoms with E-state index in [0.29, 0.717) is 18.4 Å². The van der Waals surface area contributed by atoms with Crippen molar-refractivity contribution in [1.82, 2.24) is 25.1 Å². The maximum atomic E-state index is 5.89. The van der Waals surface area contributed by atoms with Gasteiger partial charge in [0.2, 0.25) is 5.95 Å². The molecule has 30 heavy (non-hydrogen) atoms. The van der Waals surface area contributed by atoms with E-state index in [1.165, 1.54) is 24.8 Å². The monoisotopic (exact) mass is 409 g/mol. The zero-order valence-corrected chi connectivity index (χ0v) is 17.8. The van der Waals surface area contributed by atoms with Crippen molar-refractivity contribution >= 4 is 22.8 Å². The molecule has 0 atom stereocenters. The van der Waals surface area contributed by atoms with Gasteiger partial charge in [-0.25, -0.2) is 4.98 Å². The second-order valence-corrected chi connectivity index (χ2v) is 7.93. The van der Waals surface area contributed by atoms with E-state index in [-0.39, 0.29) is 5.95 Å². The van der Waals surface area contributed by atoms with Crippen LogP contribution in [0, 0.1) is 0 Å². The summed E-state index contributed by atoms with van der Waals surface area (Å²) in [5, 5.41) is 11.6. The van der Waals surface area contributed by atoms with Crippen molar-refractivity contribution < 1.29 is 4.74 Å². The van der Waals surface area contributed by atoms with Crippen molar-refractivity contribution in [3.63, 3.8) is 0 Å². The van der Waals surface area contributed by atoms with E-state index in [0.717, 1.165) is 48.3 Å². The zero-order valence-electron chi connectivity index (χ0n) is 17.8. The minimum absolute atomic E-state index is 0.252. The van der Waals surface area contributed by atoms with Gasteiger partial charge >= 0.3 is 0 Å². The van der Waals surface area contributed by atoms with E-state index in [2.05, 4.69) is 45.7 Å². The smallest absolute Gasteiger partial charge is 0.222 e. The van der Waals surface area contributed by atoms with Crippen molar-refractivity contribution in [3.05, 3.63) is 35.5 Å². The third-order valence-corrected chi connectivity index (χ3v) is 5.63. The van der Waals surface area contributed by atoms with Gasteiger partial charge in [0.15, 0.2) is 11.3 Å². The van der Waals surface area contributed by atoms with E-state index in [4.69, 9.17) is 15.6 Å². The molecular formula is C22H31N7O. The Morgan fingerprint density at radius 1 is 1.27 bits per heavy atom.